The lowest BCUT2D eigenvalue weighted by atomic mass is 10.2. The molecule has 0 unspecified atom stereocenters. The molecule has 0 aliphatic heterocycles. The molecule has 0 saturated carbocycles. The number of hydrogen-bond donors (Lipinski definition) is 3. The fraction of sp³-hybridized carbons (Fsp3) is 0.167. The van der Waals surface area contributed by atoms with Gasteiger partial charge in [0.2, 0.25) is 0 Å². The van der Waals surface area contributed by atoms with E-state index < -0.39 is 0 Å². The fourth-order valence-electron chi connectivity index (χ4n) is 1.45. The van der Waals surface area contributed by atoms with Gasteiger partial charge >= 0.3 is 0 Å². The molecule has 94 valence electrons. The average Bonchev–Trinajstić information content (AvgIpc) is 2.81. The Morgan fingerprint density at radius 1 is 1.44 bits per heavy atom. The van der Waals surface area contributed by atoms with Crippen LogP contribution in [0.15, 0.2) is 29.1 Å². The van der Waals surface area contributed by atoms with Gasteiger partial charge in [-0.25, -0.2) is 4.98 Å². The van der Waals surface area contributed by atoms with Crippen molar-refractivity contribution in [1.82, 2.24) is 10.3 Å². The molecule has 0 bridgehead atoms. The van der Waals surface area contributed by atoms with Crippen molar-refractivity contribution < 1.29 is 4.79 Å². The van der Waals surface area contributed by atoms with Gasteiger partial charge in [-0.05, 0) is 40.9 Å². The molecule has 5 nitrogen and oxygen atoms in total. The molecule has 0 spiro atoms. The maximum atomic E-state index is 11.8. The monoisotopic (exact) mass is 262 g/mol. The van der Waals surface area contributed by atoms with Crippen LogP contribution in [0, 0.1) is 6.92 Å². The average molecular weight is 262 g/mol. The summed E-state index contributed by atoms with van der Waals surface area (Å²) >= 11 is 1.63. The number of pyridine rings is 1. The normalized spacial score (nSPS) is 10.1. The number of nitrogens with one attached hydrogen (secondary N) is 2. The lowest BCUT2D eigenvalue weighted by Gasteiger charge is -2.05. The molecule has 0 atom stereocenters. The Labute approximate surface area is 109 Å². The van der Waals surface area contributed by atoms with Crippen LogP contribution in [-0.2, 0) is 6.54 Å². The molecule has 0 fully saturated rings. The number of nitrogen functional groups attached to an aromatic ring is 1. The Morgan fingerprint density at radius 2 is 2.28 bits per heavy atom. The molecule has 2 aromatic rings. The molecule has 0 aliphatic rings. The van der Waals surface area contributed by atoms with E-state index in [2.05, 4.69) is 21.1 Å². The number of carbonyl (C=O) groups excluding carboxylic acids is 1. The molecule has 1 amide bonds. The van der Waals surface area contributed by atoms with Crippen molar-refractivity contribution in [3.8, 4) is 0 Å². The van der Waals surface area contributed by atoms with E-state index in [0.717, 1.165) is 5.56 Å². The maximum Gasteiger partial charge on any atom is 0.270 e. The van der Waals surface area contributed by atoms with Gasteiger partial charge in [0.05, 0.1) is 11.9 Å². The third-order valence-corrected chi connectivity index (χ3v) is 3.47. The van der Waals surface area contributed by atoms with Crippen LogP contribution in [0.3, 0.4) is 0 Å². The van der Waals surface area contributed by atoms with Crippen LogP contribution in [-0.4, -0.2) is 10.9 Å². The molecule has 4 N–H and O–H groups in total. The molecular formula is C12H14N4OS. The van der Waals surface area contributed by atoms with Crippen molar-refractivity contribution in [2.75, 3.05) is 5.43 Å². The minimum atomic E-state index is -0.191. The molecule has 6 heteroatoms. The number of carbonyl (C=O) groups is 1. The maximum absolute atomic E-state index is 11.8. The summed E-state index contributed by atoms with van der Waals surface area (Å²) in [5.74, 6) is 5.04. The topological polar surface area (TPSA) is 80.0 Å². The van der Waals surface area contributed by atoms with Gasteiger partial charge in [-0.1, -0.05) is 0 Å². The first-order chi connectivity index (χ1) is 8.70. The fourth-order valence-corrected chi connectivity index (χ4v) is 2.30. The molecule has 18 heavy (non-hydrogen) atoms. The first-order valence-corrected chi connectivity index (χ1v) is 6.37. The van der Waals surface area contributed by atoms with Crippen molar-refractivity contribution in [3.05, 3.63) is 45.9 Å². The lowest BCUT2D eigenvalue weighted by Crippen LogP contribution is -2.24. The summed E-state index contributed by atoms with van der Waals surface area (Å²) in [5, 5.41) is 6.92. The van der Waals surface area contributed by atoms with Crippen molar-refractivity contribution >= 4 is 22.9 Å². The minimum Gasteiger partial charge on any atom is -0.347 e. The van der Waals surface area contributed by atoms with Crippen molar-refractivity contribution in [2.45, 2.75) is 13.5 Å². The van der Waals surface area contributed by atoms with Crippen LogP contribution in [0.5, 0.6) is 0 Å². The Balaban J connectivity index is 1.97. The highest BCUT2D eigenvalue weighted by Gasteiger charge is 2.07. The van der Waals surface area contributed by atoms with E-state index in [1.54, 1.807) is 23.5 Å². The predicted octanol–water partition coefficient (Wildman–Crippen LogP) is 1.67. The number of nitrogens with zero attached hydrogens (tertiary/aromatic N) is 1. The molecular weight excluding hydrogens is 248 g/mol. The number of anilines is 1. The molecule has 0 radical (unpaired) electrons. The first kappa shape index (κ1) is 12.5. The number of hydrazine groups is 1. The molecule has 0 aromatic carbocycles. The summed E-state index contributed by atoms with van der Waals surface area (Å²) in [7, 11) is 0. The lowest BCUT2D eigenvalue weighted by molar-refractivity contribution is 0.0946. The second-order valence-corrected chi connectivity index (χ2v) is 4.58. The van der Waals surface area contributed by atoms with Crippen molar-refractivity contribution in [2.24, 2.45) is 5.84 Å². The van der Waals surface area contributed by atoms with Crippen LogP contribution in [0.2, 0.25) is 0 Å². The zero-order chi connectivity index (χ0) is 13.0. The zero-order valence-corrected chi connectivity index (χ0v) is 10.8. The van der Waals surface area contributed by atoms with Gasteiger partial charge in [0, 0.05) is 6.54 Å². The van der Waals surface area contributed by atoms with Gasteiger partial charge < -0.3 is 10.7 Å². The van der Waals surface area contributed by atoms with Crippen molar-refractivity contribution in [3.63, 3.8) is 0 Å². The molecule has 2 heterocycles. The highest BCUT2D eigenvalue weighted by Crippen LogP contribution is 2.13. The smallest absolute Gasteiger partial charge is 0.270 e. The number of thiophene rings is 1. The van der Waals surface area contributed by atoms with E-state index in [9.17, 15) is 4.79 Å². The number of aryl methyl sites for hydroxylation is 1. The second kappa shape index (κ2) is 5.61. The van der Waals surface area contributed by atoms with Crippen molar-refractivity contribution in [1.29, 1.82) is 0 Å². The van der Waals surface area contributed by atoms with E-state index in [1.165, 1.54) is 11.8 Å². The molecule has 2 rings (SSSR count). The van der Waals surface area contributed by atoms with Crippen LogP contribution in [0.4, 0.5) is 5.69 Å². The summed E-state index contributed by atoms with van der Waals surface area (Å²) in [4.78, 5) is 15.8. The molecule has 2 aromatic heterocycles. The van der Waals surface area contributed by atoms with Gasteiger partial charge in [0.1, 0.15) is 5.69 Å². The molecule has 0 aliphatic carbocycles. The number of aromatic nitrogens is 1. The Morgan fingerprint density at radius 3 is 2.83 bits per heavy atom. The summed E-state index contributed by atoms with van der Waals surface area (Å²) in [6.07, 6.45) is 1.52. The van der Waals surface area contributed by atoms with Crippen LogP contribution >= 0.6 is 11.3 Å². The Hall–Kier alpha value is -1.92. The van der Waals surface area contributed by atoms with E-state index >= 15 is 0 Å². The number of hydrogen-bond acceptors (Lipinski definition) is 5. The third-order valence-electron chi connectivity index (χ3n) is 2.56. The van der Waals surface area contributed by atoms with Crippen LogP contribution in [0.1, 0.15) is 21.6 Å². The van der Waals surface area contributed by atoms with Gasteiger partial charge in [0.15, 0.2) is 0 Å². The molecule has 0 saturated heterocycles. The van der Waals surface area contributed by atoms with E-state index in [4.69, 9.17) is 5.84 Å². The Bertz CT molecular complexity index is 535. The number of rotatable bonds is 4. The SMILES string of the molecule is Cc1cscc1CNC(=O)c1ccc(NN)cn1. The van der Waals surface area contributed by atoms with Gasteiger partial charge in [-0.3, -0.25) is 10.6 Å². The van der Waals surface area contributed by atoms with E-state index in [-0.39, 0.29) is 5.91 Å². The van der Waals surface area contributed by atoms with E-state index in [0.29, 0.717) is 17.9 Å². The predicted molar refractivity (Wildman–Crippen MR) is 72.3 cm³/mol. The Kier molecular flexibility index (Phi) is 3.91. The zero-order valence-electron chi connectivity index (χ0n) is 9.93. The minimum absolute atomic E-state index is 0.191. The highest BCUT2D eigenvalue weighted by atomic mass is 32.1. The largest absolute Gasteiger partial charge is 0.347 e. The van der Waals surface area contributed by atoms with Crippen LogP contribution in [0.25, 0.3) is 0 Å². The van der Waals surface area contributed by atoms with E-state index in [1.807, 2.05) is 12.3 Å². The summed E-state index contributed by atoms with van der Waals surface area (Å²) in [6, 6.07) is 3.34. The number of amides is 1. The quantitative estimate of drug-likeness (QED) is 0.578. The summed E-state index contributed by atoms with van der Waals surface area (Å²) in [6.45, 7) is 2.55. The summed E-state index contributed by atoms with van der Waals surface area (Å²) in [5.41, 5.74) is 5.83. The van der Waals surface area contributed by atoms with Gasteiger partial charge in [-0.15, -0.1) is 0 Å². The number of nitrogens with two attached hydrogens (primary N) is 1. The second-order valence-electron chi connectivity index (χ2n) is 3.84. The third kappa shape index (κ3) is 2.85. The first-order valence-electron chi connectivity index (χ1n) is 5.43. The van der Waals surface area contributed by atoms with Crippen LogP contribution < -0.4 is 16.6 Å². The van der Waals surface area contributed by atoms with Gasteiger partial charge in [-0.2, -0.15) is 11.3 Å². The standard InChI is InChI=1S/C12H14N4OS/c1-8-6-18-7-9(8)4-15-12(17)11-3-2-10(16-13)5-14-11/h2-3,5-7,16H,4,13H2,1H3,(H,15,17). The summed E-state index contributed by atoms with van der Waals surface area (Å²) < 4.78 is 0. The highest BCUT2D eigenvalue weighted by molar-refractivity contribution is 7.08. The van der Waals surface area contributed by atoms with Gasteiger partial charge in [0.25, 0.3) is 5.91 Å².